The highest BCUT2D eigenvalue weighted by atomic mass is 79.9. The smallest absolute Gasteiger partial charge is 0.269 e. The van der Waals surface area contributed by atoms with Crippen molar-refractivity contribution < 1.29 is 19.3 Å². The third kappa shape index (κ3) is 3.26. The van der Waals surface area contributed by atoms with E-state index in [4.69, 9.17) is 0 Å². The number of nitrogens with zero attached hydrogens (tertiary/aromatic N) is 2. The van der Waals surface area contributed by atoms with E-state index < -0.39 is 29.2 Å². The molecule has 8 nitrogen and oxygen atoms in total. The third-order valence-corrected chi connectivity index (χ3v) is 4.09. The van der Waals surface area contributed by atoms with Gasteiger partial charge < -0.3 is 5.32 Å². The molecule has 0 aromatic heterocycles. The van der Waals surface area contributed by atoms with Crippen LogP contribution < -0.4 is 5.32 Å². The van der Waals surface area contributed by atoms with E-state index in [0.717, 1.165) is 4.90 Å². The molecular weight excluding hydrogens is 394 g/mol. The van der Waals surface area contributed by atoms with Crippen LogP contribution in [0.25, 0.3) is 0 Å². The number of hydrogen-bond donors (Lipinski definition) is 1. The normalized spacial score (nSPS) is 12.9. The number of nitrogens with one attached hydrogen (secondary N) is 1. The van der Waals surface area contributed by atoms with E-state index in [0.29, 0.717) is 10.2 Å². The Labute approximate surface area is 149 Å². The molecule has 0 unspecified atom stereocenters. The van der Waals surface area contributed by atoms with Crippen molar-refractivity contribution in [2.75, 3.05) is 11.9 Å². The average Bonchev–Trinajstić information content (AvgIpc) is 2.80. The number of halogens is 1. The van der Waals surface area contributed by atoms with Gasteiger partial charge >= 0.3 is 0 Å². The summed E-state index contributed by atoms with van der Waals surface area (Å²) >= 11 is 3.23. The summed E-state index contributed by atoms with van der Waals surface area (Å²) in [5.74, 6) is -1.66. The van der Waals surface area contributed by atoms with Crippen LogP contribution in [0.3, 0.4) is 0 Å². The van der Waals surface area contributed by atoms with Crippen molar-refractivity contribution in [3.05, 3.63) is 68.2 Å². The number of anilines is 1. The van der Waals surface area contributed by atoms with Crippen LogP contribution in [0, 0.1) is 10.1 Å². The van der Waals surface area contributed by atoms with Gasteiger partial charge in [-0.05, 0) is 30.3 Å². The number of nitro groups is 1. The van der Waals surface area contributed by atoms with Gasteiger partial charge in [0.05, 0.1) is 16.1 Å². The Kier molecular flexibility index (Phi) is 4.32. The zero-order chi connectivity index (χ0) is 18.1. The fourth-order valence-electron chi connectivity index (χ4n) is 2.42. The van der Waals surface area contributed by atoms with Crippen LogP contribution in [0.2, 0.25) is 0 Å². The standard InChI is InChI=1S/C16H10BrN3O5/c17-9-1-6-12-13(7-9)16(23)19(15(12)22)8-14(21)18-10-2-4-11(5-3-10)20(24)25/h1-7H,8H2,(H,18,21). The van der Waals surface area contributed by atoms with Crippen molar-refractivity contribution >= 4 is 45.0 Å². The molecule has 1 N–H and O–H groups in total. The van der Waals surface area contributed by atoms with Gasteiger partial charge in [-0.25, -0.2) is 0 Å². The zero-order valence-corrected chi connectivity index (χ0v) is 14.1. The second-order valence-electron chi connectivity index (χ2n) is 5.24. The first-order valence-corrected chi connectivity index (χ1v) is 7.86. The second-order valence-corrected chi connectivity index (χ2v) is 6.15. The summed E-state index contributed by atoms with van der Waals surface area (Å²) in [4.78, 5) is 47.6. The molecule has 1 aliphatic rings. The van der Waals surface area contributed by atoms with E-state index in [1.54, 1.807) is 6.07 Å². The first-order valence-electron chi connectivity index (χ1n) is 7.07. The number of non-ortho nitro benzene ring substituents is 1. The summed E-state index contributed by atoms with van der Waals surface area (Å²) in [6.07, 6.45) is 0. The summed E-state index contributed by atoms with van der Waals surface area (Å²) in [6.45, 7) is -0.443. The predicted molar refractivity (Wildman–Crippen MR) is 91.2 cm³/mol. The van der Waals surface area contributed by atoms with E-state index in [-0.39, 0.29) is 16.8 Å². The van der Waals surface area contributed by atoms with Crippen LogP contribution in [0.4, 0.5) is 11.4 Å². The first-order chi connectivity index (χ1) is 11.9. The monoisotopic (exact) mass is 403 g/mol. The molecule has 0 fully saturated rings. The molecule has 9 heteroatoms. The van der Waals surface area contributed by atoms with E-state index in [1.807, 2.05) is 0 Å². The van der Waals surface area contributed by atoms with Crippen molar-refractivity contribution in [2.24, 2.45) is 0 Å². The van der Waals surface area contributed by atoms with Gasteiger partial charge in [-0.1, -0.05) is 15.9 Å². The largest absolute Gasteiger partial charge is 0.325 e. The second kappa shape index (κ2) is 6.44. The Hall–Kier alpha value is -3.07. The van der Waals surface area contributed by atoms with E-state index in [1.165, 1.54) is 36.4 Å². The van der Waals surface area contributed by atoms with Crippen LogP contribution in [-0.4, -0.2) is 34.1 Å². The molecule has 25 heavy (non-hydrogen) atoms. The maximum Gasteiger partial charge on any atom is 0.269 e. The predicted octanol–water partition coefficient (Wildman–Crippen LogP) is 2.59. The lowest BCUT2D eigenvalue weighted by Crippen LogP contribution is -2.37. The molecule has 0 atom stereocenters. The lowest BCUT2D eigenvalue weighted by atomic mass is 10.1. The number of carbonyl (C=O) groups is 3. The highest BCUT2D eigenvalue weighted by molar-refractivity contribution is 9.10. The van der Waals surface area contributed by atoms with Crippen LogP contribution in [0.1, 0.15) is 20.7 Å². The maximum atomic E-state index is 12.3. The fourth-order valence-corrected chi connectivity index (χ4v) is 2.78. The molecule has 0 aliphatic carbocycles. The van der Waals surface area contributed by atoms with Crippen LogP contribution in [0.5, 0.6) is 0 Å². The Morgan fingerprint density at radius 2 is 1.72 bits per heavy atom. The summed E-state index contributed by atoms with van der Waals surface area (Å²) in [7, 11) is 0. The van der Waals surface area contributed by atoms with Crippen molar-refractivity contribution in [1.82, 2.24) is 4.90 Å². The van der Waals surface area contributed by atoms with Gasteiger partial charge in [-0.15, -0.1) is 0 Å². The number of carbonyl (C=O) groups excluding carboxylic acids is 3. The lowest BCUT2D eigenvalue weighted by Gasteiger charge is -2.13. The Morgan fingerprint density at radius 3 is 2.36 bits per heavy atom. The van der Waals surface area contributed by atoms with Crippen LogP contribution in [-0.2, 0) is 4.79 Å². The van der Waals surface area contributed by atoms with E-state index >= 15 is 0 Å². The average molecular weight is 404 g/mol. The third-order valence-electron chi connectivity index (χ3n) is 3.60. The van der Waals surface area contributed by atoms with Gasteiger partial charge in [0, 0.05) is 22.3 Å². The Balaban J connectivity index is 1.70. The minimum atomic E-state index is -0.581. The number of nitro benzene ring substituents is 1. The van der Waals surface area contributed by atoms with Gasteiger partial charge in [-0.2, -0.15) is 0 Å². The van der Waals surface area contributed by atoms with Gasteiger partial charge in [0.15, 0.2) is 0 Å². The van der Waals surface area contributed by atoms with Crippen molar-refractivity contribution in [3.8, 4) is 0 Å². The SMILES string of the molecule is O=C(CN1C(=O)c2ccc(Br)cc2C1=O)Nc1ccc([N+](=O)[O-])cc1. The minimum absolute atomic E-state index is 0.107. The van der Waals surface area contributed by atoms with Crippen LogP contribution in [0.15, 0.2) is 46.9 Å². The number of imide groups is 1. The molecule has 0 radical (unpaired) electrons. The number of amides is 3. The molecule has 0 saturated carbocycles. The van der Waals surface area contributed by atoms with Gasteiger partial charge in [0.25, 0.3) is 17.5 Å². The van der Waals surface area contributed by atoms with Crippen molar-refractivity contribution in [2.45, 2.75) is 0 Å². The van der Waals surface area contributed by atoms with Gasteiger partial charge in [-0.3, -0.25) is 29.4 Å². The molecule has 0 spiro atoms. The molecule has 3 rings (SSSR count). The molecule has 3 amide bonds. The van der Waals surface area contributed by atoms with E-state index in [2.05, 4.69) is 21.2 Å². The highest BCUT2D eigenvalue weighted by Gasteiger charge is 2.36. The highest BCUT2D eigenvalue weighted by Crippen LogP contribution is 2.26. The van der Waals surface area contributed by atoms with Crippen molar-refractivity contribution in [1.29, 1.82) is 0 Å². The maximum absolute atomic E-state index is 12.3. The summed E-state index contributed by atoms with van der Waals surface area (Å²) in [6, 6.07) is 9.93. The summed E-state index contributed by atoms with van der Waals surface area (Å²) < 4.78 is 0.657. The number of hydrogen-bond acceptors (Lipinski definition) is 5. The van der Waals surface area contributed by atoms with Crippen molar-refractivity contribution in [3.63, 3.8) is 0 Å². The number of fused-ring (bicyclic) bond motifs is 1. The summed E-state index contributed by atoms with van der Waals surface area (Å²) in [5, 5.41) is 13.1. The molecular formula is C16H10BrN3O5. The first kappa shape index (κ1) is 16.8. The molecule has 0 saturated heterocycles. The van der Waals surface area contributed by atoms with Gasteiger partial charge in [0.1, 0.15) is 6.54 Å². The number of benzene rings is 2. The molecule has 0 bridgehead atoms. The minimum Gasteiger partial charge on any atom is -0.325 e. The Morgan fingerprint density at radius 1 is 1.08 bits per heavy atom. The number of rotatable bonds is 4. The topological polar surface area (TPSA) is 110 Å². The lowest BCUT2D eigenvalue weighted by molar-refractivity contribution is -0.384. The molecule has 2 aromatic carbocycles. The quantitative estimate of drug-likeness (QED) is 0.479. The summed E-state index contributed by atoms with van der Waals surface area (Å²) in [5.41, 5.74) is 0.706. The zero-order valence-electron chi connectivity index (χ0n) is 12.6. The fraction of sp³-hybridized carbons (Fsp3) is 0.0625. The molecule has 126 valence electrons. The van der Waals surface area contributed by atoms with Crippen LogP contribution >= 0.6 is 15.9 Å². The molecule has 2 aromatic rings. The van der Waals surface area contributed by atoms with E-state index in [9.17, 15) is 24.5 Å². The van der Waals surface area contributed by atoms with Gasteiger partial charge in [0.2, 0.25) is 5.91 Å². The molecule has 1 heterocycles. The molecule has 1 aliphatic heterocycles. The Bertz CT molecular complexity index is 910.